The summed E-state index contributed by atoms with van der Waals surface area (Å²) in [7, 11) is -0.296. The van der Waals surface area contributed by atoms with E-state index in [-0.39, 0.29) is 8.80 Å². The lowest BCUT2D eigenvalue weighted by atomic mass is 9.98. The third-order valence-electron chi connectivity index (χ3n) is 3.80. The van der Waals surface area contributed by atoms with Gasteiger partial charge in [-0.2, -0.15) is 0 Å². The Bertz CT molecular complexity index is 467. The minimum atomic E-state index is -0.296. The first kappa shape index (κ1) is 11.7. The van der Waals surface area contributed by atoms with Crippen LogP contribution >= 0.6 is 0 Å². The SMILES string of the molecule is CC1=C(C)C([Si](C)C)c2cc(C)cc(C)c21. The van der Waals surface area contributed by atoms with Gasteiger partial charge in [-0.15, -0.1) is 0 Å². The third kappa shape index (κ3) is 1.58. The molecule has 85 valence electrons. The smallest absolute Gasteiger partial charge is 0.0552 e. The maximum Gasteiger partial charge on any atom is 0.0552 e. The monoisotopic (exact) mass is 229 g/mol. The first-order chi connectivity index (χ1) is 7.43. The number of allylic oxidation sites excluding steroid dienone is 2. The zero-order valence-electron chi connectivity index (χ0n) is 11.2. The molecule has 0 aromatic heterocycles. The van der Waals surface area contributed by atoms with Crippen LogP contribution in [0, 0.1) is 13.8 Å². The summed E-state index contributed by atoms with van der Waals surface area (Å²) in [6.45, 7) is 13.9. The van der Waals surface area contributed by atoms with Crippen LogP contribution in [-0.2, 0) is 0 Å². The van der Waals surface area contributed by atoms with Gasteiger partial charge in [-0.05, 0) is 55.5 Å². The molecule has 1 heteroatoms. The standard InChI is InChI=1S/C15H21Si/c1-9-7-10(2)14-11(3)12(4)15(16(5)6)13(14)8-9/h7-8,15H,1-6H3. The Morgan fingerprint density at radius 3 is 2.19 bits per heavy atom. The zero-order chi connectivity index (χ0) is 12.0. The van der Waals surface area contributed by atoms with E-state index in [0.717, 1.165) is 5.54 Å². The molecule has 16 heavy (non-hydrogen) atoms. The molecule has 0 N–H and O–H groups in total. The average Bonchev–Trinajstić information content (AvgIpc) is 2.38. The molecule has 0 bridgehead atoms. The van der Waals surface area contributed by atoms with Gasteiger partial charge in [-0.1, -0.05) is 36.4 Å². The quantitative estimate of drug-likeness (QED) is 0.623. The van der Waals surface area contributed by atoms with Crippen molar-refractivity contribution in [1.82, 2.24) is 0 Å². The molecule has 1 radical (unpaired) electrons. The van der Waals surface area contributed by atoms with E-state index < -0.39 is 0 Å². The van der Waals surface area contributed by atoms with Gasteiger partial charge in [0.15, 0.2) is 0 Å². The second-order valence-corrected chi connectivity index (χ2v) is 8.10. The average molecular weight is 229 g/mol. The molecule has 1 atom stereocenters. The summed E-state index contributed by atoms with van der Waals surface area (Å²) in [5.74, 6) is 0. The molecule has 0 fully saturated rings. The molecule has 1 aromatic rings. The van der Waals surface area contributed by atoms with E-state index in [1.807, 2.05) is 0 Å². The van der Waals surface area contributed by atoms with E-state index in [0.29, 0.717) is 0 Å². The summed E-state index contributed by atoms with van der Waals surface area (Å²) in [4.78, 5) is 0. The molecule has 0 spiro atoms. The third-order valence-corrected chi connectivity index (χ3v) is 5.70. The predicted molar refractivity (Wildman–Crippen MR) is 74.4 cm³/mol. The van der Waals surface area contributed by atoms with E-state index in [1.165, 1.54) is 16.7 Å². The van der Waals surface area contributed by atoms with E-state index in [1.54, 1.807) is 16.7 Å². The topological polar surface area (TPSA) is 0 Å². The highest BCUT2D eigenvalue weighted by Crippen LogP contribution is 2.44. The van der Waals surface area contributed by atoms with Gasteiger partial charge in [0.05, 0.1) is 8.80 Å². The Morgan fingerprint density at radius 2 is 1.62 bits per heavy atom. The summed E-state index contributed by atoms with van der Waals surface area (Å²) in [6, 6.07) is 4.72. The molecule has 0 heterocycles. The fraction of sp³-hybridized carbons (Fsp3) is 0.467. The summed E-state index contributed by atoms with van der Waals surface area (Å²) in [5, 5.41) is 0. The van der Waals surface area contributed by atoms with Gasteiger partial charge in [0, 0.05) is 0 Å². The van der Waals surface area contributed by atoms with E-state index in [9.17, 15) is 0 Å². The van der Waals surface area contributed by atoms with Crippen molar-refractivity contribution in [2.24, 2.45) is 0 Å². The van der Waals surface area contributed by atoms with Crippen LogP contribution in [-0.4, -0.2) is 8.80 Å². The van der Waals surface area contributed by atoms with Crippen molar-refractivity contribution in [3.05, 3.63) is 40.0 Å². The minimum absolute atomic E-state index is 0.296. The molecule has 0 aliphatic heterocycles. The molecule has 0 nitrogen and oxygen atoms in total. The number of aryl methyl sites for hydroxylation is 2. The maximum absolute atomic E-state index is 2.43. The number of rotatable bonds is 1. The Morgan fingerprint density at radius 1 is 1.00 bits per heavy atom. The second kappa shape index (κ2) is 3.88. The van der Waals surface area contributed by atoms with Gasteiger partial charge in [0.1, 0.15) is 0 Å². The molecule has 0 amide bonds. The Hall–Kier alpha value is -0.823. The summed E-state index contributed by atoms with van der Waals surface area (Å²) in [5.41, 5.74) is 9.89. The highest BCUT2D eigenvalue weighted by atomic mass is 28.3. The van der Waals surface area contributed by atoms with Crippen molar-refractivity contribution in [2.75, 3.05) is 0 Å². The molecule has 0 saturated heterocycles. The van der Waals surface area contributed by atoms with Crippen LogP contribution in [0.5, 0.6) is 0 Å². The lowest BCUT2D eigenvalue weighted by Gasteiger charge is -2.18. The maximum atomic E-state index is 2.43. The zero-order valence-corrected chi connectivity index (χ0v) is 12.2. The summed E-state index contributed by atoms with van der Waals surface area (Å²) in [6.07, 6.45) is 0. The normalized spacial score (nSPS) is 19.6. The van der Waals surface area contributed by atoms with Crippen LogP contribution in [0.15, 0.2) is 17.7 Å². The molecule has 2 rings (SSSR count). The van der Waals surface area contributed by atoms with E-state index >= 15 is 0 Å². The first-order valence-corrected chi connectivity index (χ1v) is 8.60. The van der Waals surface area contributed by atoms with Crippen LogP contribution in [0.1, 0.15) is 41.6 Å². The summed E-state index contributed by atoms with van der Waals surface area (Å²) < 4.78 is 0. The predicted octanol–water partition coefficient (Wildman–Crippen LogP) is 4.49. The lowest BCUT2D eigenvalue weighted by Crippen LogP contribution is -2.15. The van der Waals surface area contributed by atoms with Crippen LogP contribution in [0.2, 0.25) is 13.1 Å². The molecular formula is C15H21Si. The summed E-state index contributed by atoms with van der Waals surface area (Å²) >= 11 is 0. The van der Waals surface area contributed by atoms with Gasteiger partial charge in [-0.25, -0.2) is 0 Å². The molecule has 1 aliphatic rings. The highest BCUT2D eigenvalue weighted by molar-refractivity contribution is 6.59. The van der Waals surface area contributed by atoms with Crippen molar-refractivity contribution in [3.8, 4) is 0 Å². The number of hydrogen-bond donors (Lipinski definition) is 0. The molecule has 1 unspecified atom stereocenters. The van der Waals surface area contributed by atoms with Crippen molar-refractivity contribution in [2.45, 2.75) is 46.3 Å². The van der Waals surface area contributed by atoms with Crippen LogP contribution < -0.4 is 0 Å². The first-order valence-electron chi connectivity index (χ1n) is 6.02. The van der Waals surface area contributed by atoms with E-state index in [2.05, 4.69) is 52.9 Å². The fourth-order valence-corrected chi connectivity index (χ4v) is 5.06. The van der Waals surface area contributed by atoms with Gasteiger partial charge in [0.2, 0.25) is 0 Å². The largest absolute Gasteiger partial charge is 0.0705 e. The van der Waals surface area contributed by atoms with Crippen LogP contribution in [0.3, 0.4) is 0 Å². The Balaban J connectivity index is 2.69. The molecule has 1 aliphatic carbocycles. The number of fused-ring (bicyclic) bond motifs is 1. The number of hydrogen-bond acceptors (Lipinski definition) is 0. The Kier molecular flexibility index (Phi) is 2.83. The van der Waals surface area contributed by atoms with Crippen molar-refractivity contribution >= 4 is 14.4 Å². The van der Waals surface area contributed by atoms with Crippen molar-refractivity contribution in [3.63, 3.8) is 0 Å². The fourth-order valence-electron chi connectivity index (χ4n) is 3.13. The van der Waals surface area contributed by atoms with Crippen molar-refractivity contribution in [1.29, 1.82) is 0 Å². The highest BCUT2D eigenvalue weighted by Gasteiger charge is 2.30. The van der Waals surface area contributed by atoms with Crippen LogP contribution in [0.4, 0.5) is 0 Å². The molecule has 0 saturated carbocycles. The Labute approximate surface area is 101 Å². The minimum Gasteiger partial charge on any atom is -0.0705 e. The van der Waals surface area contributed by atoms with Gasteiger partial charge >= 0.3 is 0 Å². The lowest BCUT2D eigenvalue weighted by molar-refractivity contribution is 1.09. The molecule has 1 aromatic carbocycles. The number of benzene rings is 1. The van der Waals surface area contributed by atoms with Gasteiger partial charge in [-0.3, -0.25) is 0 Å². The van der Waals surface area contributed by atoms with Crippen molar-refractivity contribution < 1.29 is 0 Å². The van der Waals surface area contributed by atoms with Crippen LogP contribution in [0.25, 0.3) is 5.57 Å². The second-order valence-electron chi connectivity index (χ2n) is 5.36. The van der Waals surface area contributed by atoms with Gasteiger partial charge in [0.25, 0.3) is 0 Å². The van der Waals surface area contributed by atoms with Gasteiger partial charge < -0.3 is 0 Å². The molecular weight excluding hydrogens is 208 g/mol. The van der Waals surface area contributed by atoms with E-state index in [4.69, 9.17) is 0 Å².